The molecule has 0 aromatic rings. The maximum Gasteiger partial charge on any atom is 0.412 e. The zero-order valence-electron chi connectivity index (χ0n) is 11.4. The molecule has 1 amide bonds. The first-order valence-electron chi connectivity index (χ1n) is 5.84. The quantitative estimate of drug-likeness (QED) is 0.699. The fraction of sp³-hybridized carbons (Fsp3) is 0.917. The highest BCUT2D eigenvalue weighted by molar-refractivity contribution is 9.09. The Labute approximate surface area is 112 Å². The maximum absolute atomic E-state index is 12.2. The molecule has 0 saturated carbocycles. The molecule has 17 heavy (non-hydrogen) atoms. The van der Waals surface area contributed by atoms with Crippen LogP contribution in [0.4, 0.5) is 4.79 Å². The van der Waals surface area contributed by atoms with Crippen molar-refractivity contribution >= 4 is 22.0 Å². The van der Waals surface area contributed by atoms with E-state index in [4.69, 9.17) is 9.47 Å². The van der Waals surface area contributed by atoms with Crippen molar-refractivity contribution in [3.05, 3.63) is 0 Å². The Morgan fingerprint density at radius 2 is 2.00 bits per heavy atom. The number of nitrogens with zero attached hydrogens (tertiary/aromatic N) is 1. The Kier molecular flexibility index (Phi) is 4.14. The third kappa shape index (κ3) is 3.35. The van der Waals surface area contributed by atoms with Gasteiger partial charge in [-0.25, -0.2) is 4.79 Å². The lowest BCUT2D eigenvalue weighted by molar-refractivity contribution is -0.0753. The van der Waals surface area contributed by atoms with Gasteiger partial charge >= 0.3 is 6.09 Å². The van der Waals surface area contributed by atoms with Crippen LogP contribution in [0.25, 0.3) is 0 Å². The van der Waals surface area contributed by atoms with E-state index in [1.54, 1.807) is 4.90 Å². The van der Waals surface area contributed by atoms with Gasteiger partial charge in [0.05, 0.1) is 12.1 Å². The number of alkyl halides is 1. The number of halogens is 1. The molecule has 2 atom stereocenters. The van der Waals surface area contributed by atoms with Gasteiger partial charge < -0.3 is 9.47 Å². The highest BCUT2D eigenvalue weighted by Gasteiger charge is 2.48. The molecule has 1 heterocycles. The molecule has 5 heteroatoms. The van der Waals surface area contributed by atoms with Crippen molar-refractivity contribution in [3.8, 4) is 0 Å². The highest BCUT2D eigenvalue weighted by Crippen LogP contribution is 2.34. The largest absolute Gasteiger partial charge is 0.444 e. The summed E-state index contributed by atoms with van der Waals surface area (Å²) in [6.07, 6.45) is -0.326. The second kappa shape index (κ2) is 4.76. The number of amides is 1. The maximum atomic E-state index is 12.2. The summed E-state index contributed by atoms with van der Waals surface area (Å²) in [6, 6.07) is -0.000139. The number of hydrogen-bond acceptors (Lipinski definition) is 3. The molecule has 1 fully saturated rings. The lowest BCUT2D eigenvalue weighted by Crippen LogP contribution is -2.50. The Hall–Kier alpha value is -0.290. The van der Waals surface area contributed by atoms with Crippen LogP contribution in [0.1, 0.15) is 41.5 Å². The van der Waals surface area contributed by atoms with Crippen LogP contribution in [0.15, 0.2) is 0 Å². The van der Waals surface area contributed by atoms with Crippen molar-refractivity contribution in [1.82, 2.24) is 4.90 Å². The third-order valence-electron chi connectivity index (χ3n) is 2.68. The molecular formula is C12H22BrNO3. The van der Waals surface area contributed by atoms with Gasteiger partial charge in [0, 0.05) is 5.33 Å². The molecular weight excluding hydrogens is 286 g/mol. The number of rotatable bonds is 1. The molecule has 0 bridgehead atoms. The summed E-state index contributed by atoms with van der Waals surface area (Å²) in [5, 5.41) is 0.677. The standard InChI is InChI=1S/C12H22BrNO3/c1-8-9(7-13)14(12(5,6)16-8)10(15)17-11(2,3)4/h8-9H,7H2,1-6H3. The molecule has 0 radical (unpaired) electrons. The lowest BCUT2D eigenvalue weighted by Gasteiger charge is -2.34. The van der Waals surface area contributed by atoms with E-state index in [1.807, 2.05) is 41.5 Å². The average Bonchev–Trinajstić information content (AvgIpc) is 2.31. The summed E-state index contributed by atoms with van der Waals surface area (Å²) in [5.74, 6) is 0. The molecule has 4 nitrogen and oxygen atoms in total. The van der Waals surface area contributed by atoms with Crippen LogP contribution in [0.3, 0.4) is 0 Å². The van der Waals surface area contributed by atoms with Crippen LogP contribution in [0.2, 0.25) is 0 Å². The monoisotopic (exact) mass is 307 g/mol. The van der Waals surface area contributed by atoms with Crippen LogP contribution >= 0.6 is 15.9 Å². The lowest BCUT2D eigenvalue weighted by atomic mass is 10.2. The molecule has 2 unspecified atom stereocenters. The average molecular weight is 308 g/mol. The van der Waals surface area contributed by atoms with Crippen molar-refractivity contribution < 1.29 is 14.3 Å². The summed E-state index contributed by atoms with van der Waals surface area (Å²) >= 11 is 3.43. The molecule has 1 aliphatic rings. The van der Waals surface area contributed by atoms with Crippen LogP contribution in [0, 0.1) is 0 Å². The number of ether oxygens (including phenoxy) is 2. The van der Waals surface area contributed by atoms with Gasteiger partial charge in [-0.05, 0) is 41.5 Å². The minimum absolute atomic E-state index is 0.000139. The number of hydrogen-bond donors (Lipinski definition) is 0. The summed E-state index contributed by atoms with van der Waals surface area (Å²) in [7, 11) is 0. The Bertz CT molecular complexity index is 299. The number of carbonyl (C=O) groups excluding carboxylic acids is 1. The van der Waals surface area contributed by atoms with Gasteiger partial charge in [0.25, 0.3) is 0 Å². The van der Waals surface area contributed by atoms with E-state index < -0.39 is 11.3 Å². The Balaban J connectivity index is 2.89. The SMILES string of the molecule is CC1OC(C)(C)N(C(=O)OC(C)(C)C)C1CBr. The molecule has 0 spiro atoms. The Morgan fingerprint density at radius 1 is 1.47 bits per heavy atom. The van der Waals surface area contributed by atoms with Gasteiger partial charge in [0.15, 0.2) is 0 Å². The third-order valence-corrected chi connectivity index (χ3v) is 3.34. The second-order valence-corrected chi connectivity index (χ2v) is 6.49. The minimum Gasteiger partial charge on any atom is -0.444 e. The van der Waals surface area contributed by atoms with Gasteiger partial charge in [-0.1, -0.05) is 15.9 Å². The van der Waals surface area contributed by atoms with Crippen LogP contribution in [-0.2, 0) is 9.47 Å². The van der Waals surface area contributed by atoms with E-state index in [9.17, 15) is 4.79 Å². The molecule has 100 valence electrons. The predicted molar refractivity (Wildman–Crippen MR) is 70.3 cm³/mol. The van der Waals surface area contributed by atoms with E-state index in [-0.39, 0.29) is 18.2 Å². The predicted octanol–water partition coefficient (Wildman–Crippen LogP) is 3.14. The van der Waals surface area contributed by atoms with Crippen LogP contribution < -0.4 is 0 Å². The van der Waals surface area contributed by atoms with Crippen molar-refractivity contribution in [2.45, 2.75) is 65.0 Å². The molecule has 0 aliphatic carbocycles. The summed E-state index contributed by atoms with van der Waals surface area (Å²) < 4.78 is 11.2. The molecule has 0 N–H and O–H groups in total. The zero-order valence-corrected chi connectivity index (χ0v) is 13.0. The number of carbonyl (C=O) groups is 1. The first-order chi connectivity index (χ1) is 7.58. The fourth-order valence-corrected chi connectivity index (χ4v) is 2.88. The smallest absolute Gasteiger partial charge is 0.412 e. The van der Waals surface area contributed by atoms with Crippen LogP contribution in [0.5, 0.6) is 0 Å². The van der Waals surface area contributed by atoms with Crippen LogP contribution in [-0.4, -0.2) is 39.8 Å². The Morgan fingerprint density at radius 3 is 2.41 bits per heavy atom. The second-order valence-electron chi connectivity index (χ2n) is 5.84. The summed E-state index contributed by atoms with van der Waals surface area (Å²) in [6.45, 7) is 11.3. The summed E-state index contributed by atoms with van der Waals surface area (Å²) in [5.41, 5.74) is -1.12. The van der Waals surface area contributed by atoms with Gasteiger partial charge in [-0.15, -0.1) is 0 Å². The molecule has 0 aromatic carbocycles. The van der Waals surface area contributed by atoms with Crippen molar-refractivity contribution in [2.75, 3.05) is 5.33 Å². The van der Waals surface area contributed by atoms with Gasteiger partial charge in [-0.2, -0.15) is 0 Å². The van der Waals surface area contributed by atoms with E-state index in [2.05, 4.69) is 15.9 Å². The van der Waals surface area contributed by atoms with E-state index >= 15 is 0 Å². The normalized spacial score (nSPS) is 28.3. The first kappa shape index (κ1) is 14.8. The van der Waals surface area contributed by atoms with E-state index in [1.165, 1.54) is 0 Å². The zero-order chi connectivity index (χ0) is 13.4. The van der Waals surface area contributed by atoms with Crippen molar-refractivity contribution in [1.29, 1.82) is 0 Å². The molecule has 0 aromatic heterocycles. The topological polar surface area (TPSA) is 38.8 Å². The minimum atomic E-state index is -0.625. The van der Waals surface area contributed by atoms with Gasteiger partial charge in [0.2, 0.25) is 0 Å². The van der Waals surface area contributed by atoms with E-state index in [0.29, 0.717) is 5.33 Å². The molecule has 1 saturated heterocycles. The van der Waals surface area contributed by atoms with E-state index in [0.717, 1.165) is 0 Å². The van der Waals surface area contributed by atoms with Crippen molar-refractivity contribution in [2.24, 2.45) is 0 Å². The fourth-order valence-electron chi connectivity index (χ4n) is 2.06. The first-order valence-corrected chi connectivity index (χ1v) is 6.97. The van der Waals surface area contributed by atoms with Gasteiger partial charge in [-0.3, -0.25) is 4.90 Å². The van der Waals surface area contributed by atoms with Gasteiger partial charge in [0.1, 0.15) is 11.3 Å². The molecule has 1 aliphatic heterocycles. The highest BCUT2D eigenvalue weighted by atomic mass is 79.9. The molecule has 1 rings (SSSR count). The summed E-state index contributed by atoms with van der Waals surface area (Å²) in [4.78, 5) is 13.9. The van der Waals surface area contributed by atoms with Crippen molar-refractivity contribution in [3.63, 3.8) is 0 Å².